The zero-order valence-corrected chi connectivity index (χ0v) is 20.4. The summed E-state index contributed by atoms with van der Waals surface area (Å²) in [5.41, 5.74) is -1.91. The van der Waals surface area contributed by atoms with Crippen LogP contribution in [0.3, 0.4) is 0 Å². The van der Waals surface area contributed by atoms with E-state index in [-0.39, 0.29) is 16.7 Å². The van der Waals surface area contributed by atoms with Crippen LogP contribution < -0.4 is 0 Å². The van der Waals surface area contributed by atoms with E-state index < -0.39 is 17.2 Å². The molecule has 6 aliphatic carbocycles. The third kappa shape index (κ3) is 2.31. The van der Waals surface area contributed by atoms with Crippen LogP contribution in [-0.4, -0.2) is 34.0 Å². The maximum atomic E-state index is 12.2. The Kier molecular flexibility index (Phi) is 4.25. The molecule has 6 rings (SSSR count). The molecule has 0 bridgehead atoms. The van der Waals surface area contributed by atoms with Gasteiger partial charge in [0.2, 0.25) is 0 Å². The Labute approximate surface area is 192 Å². The average Bonchev–Trinajstić information content (AvgIpc) is 3.63. The Bertz CT molecular complexity index is 918. The van der Waals surface area contributed by atoms with Crippen LogP contribution in [0.15, 0.2) is 0 Å². The van der Waals surface area contributed by atoms with Crippen molar-refractivity contribution in [3.63, 3.8) is 0 Å². The molecule has 0 aromatic rings. The van der Waals surface area contributed by atoms with Crippen LogP contribution in [0.1, 0.15) is 73.1 Å². The number of hydrogen-bond acceptors (Lipinski definition) is 4. The number of aliphatic hydroxyl groups is 2. The second-order valence-electron chi connectivity index (χ2n) is 13.1. The molecular weight excluding hydrogens is 400 g/mol. The van der Waals surface area contributed by atoms with Gasteiger partial charge in [0.1, 0.15) is 5.60 Å². The first-order valence-corrected chi connectivity index (χ1v) is 13.2. The zero-order valence-electron chi connectivity index (χ0n) is 20.4. The van der Waals surface area contributed by atoms with Gasteiger partial charge in [-0.15, -0.1) is 0 Å². The van der Waals surface area contributed by atoms with Crippen molar-refractivity contribution in [1.29, 1.82) is 0 Å². The summed E-state index contributed by atoms with van der Waals surface area (Å²) in [5, 5.41) is 24.2. The lowest BCUT2D eigenvalue weighted by Crippen LogP contribution is -2.65. The van der Waals surface area contributed by atoms with E-state index in [4.69, 9.17) is 4.74 Å². The van der Waals surface area contributed by atoms with Crippen molar-refractivity contribution in [2.24, 2.45) is 64.1 Å². The smallest absolute Gasteiger partial charge is 0.384 e. The highest BCUT2D eigenvalue weighted by atomic mass is 16.5. The third-order valence-corrected chi connectivity index (χ3v) is 12.0. The van der Waals surface area contributed by atoms with Crippen molar-refractivity contribution in [3.05, 3.63) is 0 Å². The normalized spacial score (nSPS) is 61.0. The molecule has 6 fully saturated rings. The van der Waals surface area contributed by atoms with Gasteiger partial charge in [-0.1, -0.05) is 33.6 Å². The molecular formula is C28H40O4. The molecule has 13 atom stereocenters. The maximum Gasteiger partial charge on any atom is 0.384 e. The Morgan fingerprint density at radius 3 is 2.47 bits per heavy atom. The van der Waals surface area contributed by atoms with Crippen LogP contribution in [0.4, 0.5) is 0 Å². The molecule has 4 nitrogen and oxygen atoms in total. The van der Waals surface area contributed by atoms with E-state index in [1.165, 1.54) is 6.42 Å². The minimum atomic E-state index is -1.09. The molecule has 6 aliphatic rings. The SMILES string of the molecule is CCOC(=O)C#CC1(O)C2CC2C2C3C4C(C)C4C4(O)CC(C)CCC4(C)C3CCC21C. The quantitative estimate of drug-likeness (QED) is 0.367. The second kappa shape index (κ2) is 6.33. The fourth-order valence-corrected chi connectivity index (χ4v) is 10.5. The molecule has 4 heteroatoms. The average molecular weight is 441 g/mol. The fraction of sp³-hybridized carbons (Fsp3) is 0.893. The van der Waals surface area contributed by atoms with Crippen LogP contribution in [-0.2, 0) is 9.53 Å². The van der Waals surface area contributed by atoms with Crippen LogP contribution in [0.5, 0.6) is 0 Å². The van der Waals surface area contributed by atoms with Crippen molar-refractivity contribution in [2.45, 2.75) is 84.3 Å². The number of carbonyl (C=O) groups is 1. The highest BCUT2D eigenvalue weighted by molar-refractivity contribution is 5.88. The van der Waals surface area contributed by atoms with E-state index in [0.29, 0.717) is 54.0 Å². The van der Waals surface area contributed by atoms with Gasteiger partial charge in [0.15, 0.2) is 0 Å². The molecule has 0 aliphatic heterocycles. The summed E-state index contributed by atoms with van der Waals surface area (Å²) in [7, 11) is 0. The highest BCUT2D eigenvalue weighted by Gasteiger charge is 2.82. The molecule has 32 heavy (non-hydrogen) atoms. The first kappa shape index (κ1) is 21.5. The molecule has 0 spiro atoms. The van der Waals surface area contributed by atoms with Crippen LogP contribution in [0.25, 0.3) is 0 Å². The van der Waals surface area contributed by atoms with Crippen molar-refractivity contribution in [1.82, 2.24) is 0 Å². The van der Waals surface area contributed by atoms with Gasteiger partial charge in [0.25, 0.3) is 0 Å². The van der Waals surface area contributed by atoms with E-state index >= 15 is 0 Å². The molecule has 0 heterocycles. The van der Waals surface area contributed by atoms with Crippen LogP contribution in [0, 0.1) is 75.9 Å². The van der Waals surface area contributed by atoms with E-state index in [2.05, 4.69) is 39.5 Å². The summed E-state index contributed by atoms with van der Waals surface area (Å²) in [4.78, 5) is 12.0. The molecule has 0 amide bonds. The number of hydrogen-bond donors (Lipinski definition) is 2. The minimum absolute atomic E-state index is 0.0147. The van der Waals surface area contributed by atoms with Crippen LogP contribution >= 0.6 is 0 Å². The van der Waals surface area contributed by atoms with Crippen LogP contribution in [0.2, 0.25) is 0 Å². The second-order valence-corrected chi connectivity index (χ2v) is 13.1. The summed E-state index contributed by atoms with van der Waals surface area (Å²) in [6.45, 7) is 11.4. The minimum Gasteiger partial charge on any atom is -0.456 e. The van der Waals surface area contributed by atoms with Gasteiger partial charge in [-0.3, -0.25) is 0 Å². The number of fused-ring (bicyclic) bond motifs is 10. The van der Waals surface area contributed by atoms with Gasteiger partial charge in [-0.2, -0.15) is 0 Å². The fourth-order valence-electron chi connectivity index (χ4n) is 10.5. The topological polar surface area (TPSA) is 66.8 Å². The third-order valence-electron chi connectivity index (χ3n) is 12.0. The predicted molar refractivity (Wildman–Crippen MR) is 121 cm³/mol. The zero-order chi connectivity index (χ0) is 22.8. The van der Waals surface area contributed by atoms with Gasteiger partial charge in [0.05, 0.1) is 12.2 Å². The number of carbonyl (C=O) groups excluding carboxylic acids is 1. The van der Waals surface area contributed by atoms with Gasteiger partial charge in [-0.05, 0) is 98.2 Å². The van der Waals surface area contributed by atoms with Gasteiger partial charge in [-0.25, -0.2) is 4.79 Å². The van der Waals surface area contributed by atoms with Crippen molar-refractivity contribution in [2.75, 3.05) is 6.61 Å². The van der Waals surface area contributed by atoms with Gasteiger partial charge < -0.3 is 14.9 Å². The summed E-state index contributed by atoms with van der Waals surface area (Å²) < 4.78 is 5.03. The Morgan fingerprint density at radius 2 is 1.75 bits per heavy atom. The molecule has 2 N–H and O–H groups in total. The number of esters is 1. The van der Waals surface area contributed by atoms with Gasteiger partial charge >= 0.3 is 5.97 Å². The van der Waals surface area contributed by atoms with E-state index in [1.54, 1.807) is 6.92 Å². The lowest BCUT2D eigenvalue weighted by molar-refractivity contribution is -0.227. The Hall–Kier alpha value is -1.05. The van der Waals surface area contributed by atoms with Crippen molar-refractivity contribution >= 4 is 5.97 Å². The molecule has 176 valence electrons. The Balaban J connectivity index is 1.39. The first-order valence-electron chi connectivity index (χ1n) is 13.2. The molecule has 0 aromatic carbocycles. The molecule has 0 radical (unpaired) electrons. The molecule has 0 saturated heterocycles. The summed E-state index contributed by atoms with van der Waals surface area (Å²) in [5.74, 6) is 9.61. The van der Waals surface area contributed by atoms with E-state index in [9.17, 15) is 15.0 Å². The monoisotopic (exact) mass is 440 g/mol. The van der Waals surface area contributed by atoms with E-state index in [1.807, 2.05) is 0 Å². The molecule has 0 aromatic heterocycles. The molecule has 6 saturated carbocycles. The maximum absolute atomic E-state index is 12.2. The standard InChI is InChI=1S/C28H40O4/c1-6-32-20(29)9-12-27(30)19-13-17(19)24-22-18(8-11-26(24,27)5)25(4)10-7-15(2)14-28(25,31)23-16(3)21(22)23/h15-19,21-24,30-31H,6-8,10-11,13-14H2,1-5H3. The summed E-state index contributed by atoms with van der Waals surface area (Å²) in [6, 6.07) is 0. The van der Waals surface area contributed by atoms with Crippen molar-refractivity contribution in [3.8, 4) is 11.8 Å². The highest BCUT2D eigenvalue weighted by Crippen LogP contribution is 2.82. The van der Waals surface area contributed by atoms with Gasteiger partial charge in [0, 0.05) is 17.3 Å². The number of rotatable bonds is 1. The lowest BCUT2D eigenvalue weighted by atomic mass is 9.42. The predicted octanol–water partition coefficient (Wildman–Crippen LogP) is 4.04. The lowest BCUT2D eigenvalue weighted by Gasteiger charge is -2.64. The van der Waals surface area contributed by atoms with Crippen molar-refractivity contribution < 1.29 is 19.7 Å². The molecule has 13 unspecified atom stereocenters. The summed E-state index contributed by atoms with van der Waals surface area (Å²) in [6.07, 6.45) is 6.34. The largest absolute Gasteiger partial charge is 0.456 e. The number of ether oxygens (including phenoxy) is 1. The van der Waals surface area contributed by atoms with E-state index in [0.717, 1.165) is 32.1 Å². The first-order chi connectivity index (χ1) is 15.0. The Morgan fingerprint density at radius 1 is 1.03 bits per heavy atom. The summed E-state index contributed by atoms with van der Waals surface area (Å²) >= 11 is 0.